The minimum atomic E-state index is -1.57. The van der Waals surface area contributed by atoms with Gasteiger partial charge in [-0.3, -0.25) is 0 Å². The lowest BCUT2D eigenvalue weighted by Gasteiger charge is -2.39. The minimum absolute atomic E-state index is 0.0841. The Bertz CT molecular complexity index is 544. The summed E-state index contributed by atoms with van der Waals surface area (Å²) < 4.78 is 10.6. The van der Waals surface area contributed by atoms with E-state index in [9.17, 15) is 20.4 Å². The number of hydrogen-bond acceptors (Lipinski definition) is 8. The lowest BCUT2D eigenvalue weighted by atomic mass is 9.99. The van der Waals surface area contributed by atoms with Crippen molar-refractivity contribution < 1.29 is 35.0 Å². The van der Waals surface area contributed by atoms with Crippen LogP contribution in [0.4, 0.5) is 0 Å². The van der Waals surface area contributed by atoms with Gasteiger partial charge in [-0.2, -0.15) is 5.26 Å². The van der Waals surface area contributed by atoms with Crippen LogP contribution < -0.4 is 4.74 Å². The Kier molecular flexibility index (Phi) is 5.31. The molecule has 120 valence electrons. The highest BCUT2D eigenvalue weighted by Gasteiger charge is 2.44. The molecule has 6 atom stereocenters. The van der Waals surface area contributed by atoms with Crippen LogP contribution in [0.25, 0.3) is 0 Å². The van der Waals surface area contributed by atoms with Crippen LogP contribution in [0.3, 0.4) is 0 Å². The molecule has 1 aromatic rings. The van der Waals surface area contributed by atoms with Crippen LogP contribution in [0.15, 0.2) is 24.3 Å². The molecule has 0 spiro atoms. The van der Waals surface area contributed by atoms with Crippen LogP contribution in [0.2, 0.25) is 0 Å². The van der Waals surface area contributed by atoms with Crippen molar-refractivity contribution >= 4 is 0 Å². The average molecular weight is 311 g/mol. The number of aliphatic hydroxyl groups excluding tert-OH is 5. The van der Waals surface area contributed by atoms with Gasteiger partial charge in [-0.1, -0.05) is 18.2 Å². The summed E-state index contributed by atoms with van der Waals surface area (Å²) in [5, 5.41) is 56.8. The van der Waals surface area contributed by atoms with Crippen molar-refractivity contribution in [2.45, 2.75) is 36.8 Å². The molecule has 0 saturated carbocycles. The van der Waals surface area contributed by atoms with E-state index in [-0.39, 0.29) is 11.3 Å². The Morgan fingerprint density at radius 1 is 1.18 bits per heavy atom. The summed E-state index contributed by atoms with van der Waals surface area (Å²) in [4.78, 5) is 0. The van der Waals surface area contributed by atoms with E-state index in [1.165, 1.54) is 12.1 Å². The molecule has 0 bridgehead atoms. The third-order valence-electron chi connectivity index (χ3n) is 3.43. The van der Waals surface area contributed by atoms with Crippen LogP contribution in [0, 0.1) is 11.3 Å². The van der Waals surface area contributed by atoms with E-state index >= 15 is 0 Å². The zero-order chi connectivity index (χ0) is 16.3. The SMILES string of the molecule is N#CC(O)c1ccccc1OC1O[C@H](CO)[C@@H](O)[C@H](O)[C@H]1O. The van der Waals surface area contributed by atoms with E-state index in [1.54, 1.807) is 18.2 Å². The number of nitrogens with zero attached hydrogens (tertiary/aromatic N) is 1. The first-order valence-corrected chi connectivity index (χ1v) is 6.63. The van der Waals surface area contributed by atoms with Gasteiger partial charge >= 0.3 is 0 Å². The summed E-state index contributed by atoms with van der Waals surface area (Å²) in [5.41, 5.74) is 0.168. The van der Waals surface area contributed by atoms with Crippen LogP contribution in [0.5, 0.6) is 5.75 Å². The molecule has 22 heavy (non-hydrogen) atoms. The molecule has 1 aliphatic heterocycles. The molecule has 0 radical (unpaired) electrons. The van der Waals surface area contributed by atoms with Crippen molar-refractivity contribution in [2.24, 2.45) is 0 Å². The first-order chi connectivity index (χ1) is 10.5. The van der Waals surface area contributed by atoms with Gasteiger partial charge in [-0.25, -0.2) is 0 Å². The van der Waals surface area contributed by atoms with E-state index in [1.807, 2.05) is 0 Å². The monoisotopic (exact) mass is 311 g/mol. The fourth-order valence-electron chi connectivity index (χ4n) is 2.17. The summed E-state index contributed by atoms with van der Waals surface area (Å²) in [6, 6.07) is 7.75. The highest BCUT2D eigenvalue weighted by molar-refractivity contribution is 5.37. The number of ether oxygens (including phenoxy) is 2. The van der Waals surface area contributed by atoms with Crippen molar-refractivity contribution in [1.82, 2.24) is 0 Å². The maximum absolute atomic E-state index is 9.90. The quantitative estimate of drug-likeness (QED) is 0.419. The second kappa shape index (κ2) is 7.02. The van der Waals surface area contributed by atoms with Crippen molar-refractivity contribution in [2.75, 3.05) is 6.61 Å². The largest absolute Gasteiger partial charge is 0.462 e. The van der Waals surface area contributed by atoms with Gasteiger partial charge in [0.1, 0.15) is 30.2 Å². The third kappa shape index (κ3) is 3.20. The van der Waals surface area contributed by atoms with Gasteiger partial charge in [-0.05, 0) is 6.07 Å². The molecule has 1 heterocycles. The molecule has 1 fully saturated rings. The Morgan fingerprint density at radius 2 is 1.86 bits per heavy atom. The average Bonchev–Trinajstić information content (AvgIpc) is 2.55. The normalized spacial score (nSPS) is 33.0. The van der Waals surface area contributed by atoms with Crippen LogP contribution in [0.1, 0.15) is 11.7 Å². The maximum atomic E-state index is 9.90. The van der Waals surface area contributed by atoms with Crippen LogP contribution in [-0.4, -0.2) is 62.8 Å². The Labute approximate surface area is 126 Å². The van der Waals surface area contributed by atoms with Crippen molar-refractivity contribution in [3.05, 3.63) is 29.8 Å². The Hall–Kier alpha value is -1.73. The fraction of sp³-hybridized carbons (Fsp3) is 0.500. The molecule has 2 rings (SSSR count). The summed E-state index contributed by atoms with van der Waals surface area (Å²) in [6.45, 7) is -0.576. The predicted molar refractivity (Wildman–Crippen MR) is 71.4 cm³/mol. The third-order valence-corrected chi connectivity index (χ3v) is 3.43. The maximum Gasteiger partial charge on any atom is 0.229 e. The number of hydrogen-bond donors (Lipinski definition) is 5. The Balaban J connectivity index is 2.21. The summed E-state index contributed by atoms with van der Waals surface area (Å²) in [6.07, 6.45) is -8.52. The van der Waals surface area contributed by atoms with Gasteiger partial charge in [0.05, 0.1) is 12.7 Å². The zero-order valence-corrected chi connectivity index (χ0v) is 11.5. The number of benzene rings is 1. The molecular weight excluding hydrogens is 294 g/mol. The van der Waals surface area contributed by atoms with Crippen molar-refractivity contribution in [3.8, 4) is 11.8 Å². The van der Waals surface area contributed by atoms with E-state index in [0.29, 0.717) is 0 Å². The molecule has 2 unspecified atom stereocenters. The summed E-state index contributed by atoms with van der Waals surface area (Å²) in [7, 11) is 0. The number of nitriles is 1. The van der Waals surface area contributed by atoms with Gasteiger partial charge in [0.25, 0.3) is 0 Å². The van der Waals surface area contributed by atoms with Gasteiger partial charge in [0.2, 0.25) is 6.29 Å². The predicted octanol–water partition coefficient (Wildman–Crippen LogP) is -1.58. The second-order valence-corrected chi connectivity index (χ2v) is 4.88. The molecule has 0 amide bonds. The molecule has 8 heteroatoms. The van der Waals surface area contributed by atoms with Crippen LogP contribution >= 0.6 is 0 Å². The first-order valence-electron chi connectivity index (χ1n) is 6.63. The van der Waals surface area contributed by atoms with Crippen molar-refractivity contribution in [3.63, 3.8) is 0 Å². The standard InChI is InChI=1S/C14H17NO7/c15-5-8(17)7-3-1-2-4-9(7)21-14-13(20)12(19)11(18)10(6-16)22-14/h1-4,8,10-14,16-20H,6H2/t8?,10-,11-,12+,13-,14?/m1/s1. The summed E-state index contributed by atoms with van der Waals surface area (Å²) >= 11 is 0. The molecule has 8 nitrogen and oxygen atoms in total. The number of para-hydroxylation sites is 1. The second-order valence-electron chi connectivity index (χ2n) is 4.88. The summed E-state index contributed by atoms with van der Waals surface area (Å²) in [5.74, 6) is 0.0841. The van der Waals surface area contributed by atoms with E-state index in [0.717, 1.165) is 0 Å². The molecule has 1 aliphatic rings. The molecule has 0 aliphatic carbocycles. The lowest BCUT2D eigenvalue weighted by Crippen LogP contribution is -2.60. The van der Waals surface area contributed by atoms with Gasteiger partial charge in [0, 0.05) is 5.56 Å². The zero-order valence-electron chi connectivity index (χ0n) is 11.5. The molecule has 5 N–H and O–H groups in total. The van der Waals surface area contributed by atoms with E-state index in [4.69, 9.17) is 19.8 Å². The van der Waals surface area contributed by atoms with Crippen LogP contribution in [-0.2, 0) is 4.74 Å². The molecule has 1 saturated heterocycles. The van der Waals surface area contributed by atoms with Crippen molar-refractivity contribution in [1.29, 1.82) is 5.26 Å². The topological polar surface area (TPSA) is 143 Å². The van der Waals surface area contributed by atoms with Gasteiger partial charge in [-0.15, -0.1) is 0 Å². The van der Waals surface area contributed by atoms with Gasteiger partial charge in [0.15, 0.2) is 6.10 Å². The number of aliphatic hydroxyl groups is 5. The highest BCUT2D eigenvalue weighted by atomic mass is 16.7. The molecule has 0 aromatic heterocycles. The first kappa shape index (κ1) is 16.6. The molecular formula is C14H17NO7. The minimum Gasteiger partial charge on any atom is -0.462 e. The molecule has 1 aromatic carbocycles. The van der Waals surface area contributed by atoms with Gasteiger partial charge < -0.3 is 35.0 Å². The lowest BCUT2D eigenvalue weighted by molar-refractivity contribution is -0.277. The fourth-order valence-corrected chi connectivity index (χ4v) is 2.17. The number of rotatable bonds is 4. The smallest absolute Gasteiger partial charge is 0.229 e. The highest BCUT2D eigenvalue weighted by Crippen LogP contribution is 2.29. The van der Waals surface area contributed by atoms with E-state index in [2.05, 4.69) is 0 Å². The van der Waals surface area contributed by atoms with E-state index < -0.39 is 43.4 Å². The Morgan fingerprint density at radius 3 is 2.50 bits per heavy atom.